The van der Waals surface area contributed by atoms with Gasteiger partial charge in [0.1, 0.15) is 11.3 Å². The molecule has 18 heavy (non-hydrogen) atoms. The number of carbonyl (C=O) groups excluding carboxylic acids is 1. The van der Waals surface area contributed by atoms with E-state index in [0.717, 1.165) is 5.56 Å². The Hall–Kier alpha value is -2.55. The molecule has 2 aromatic carbocycles. The fourth-order valence-electron chi connectivity index (χ4n) is 1.45. The van der Waals surface area contributed by atoms with Crippen LogP contribution in [0.2, 0.25) is 0 Å². The number of aromatic hydroxyl groups is 1. The Labute approximate surface area is 105 Å². The molecule has 0 unspecified atom stereocenters. The summed E-state index contributed by atoms with van der Waals surface area (Å²) in [6, 6.07) is 15.7. The van der Waals surface area contributed by atoms with Gasteiger partial charge < -0.3 is 9.84 Å². The number of rotatable bonds is 3. The second kappa shape index (κ2) is 5.68. The Morgan fingerprint density at radius 1 is 1.00 bits per heavy atom. The van der Waals surface area contributed by atoms with Crippen molar-refractivity contribution in [2.45, 2.75) is 0 Å². The van der Waals surface area contributed by atoms with Crippen molar-refractivity contribution in [3.8, 4) is 5.75 Å². The minimum Gasteiger partial charge on any atom is -0.507 e. The van der Waals surface area contributed by atoms with E-state index in [2.05, 4.69) is 0 Å². The number of benzene rings is 2. The van der Waals surface area contributed by atoms with Gasteiger partial charge in [0, 0.05) is 0 Å². The number of phenols is 1. The zero-order valence-corrected chi connectivity index (χ0v) is 9.61. The van der Waals surface area contributed by atoms with E-state index in [1.807, 2.05) is 30.3 Å². The minimum atomic E-state index is -0.583. The summed E-state index contributed by atoms with van der Waals surface area (Å²) in [6.45, 7) is 0. The second-order valence-corrected chi connectivity index (χ2v) is 3.64. The van der Waals surface area contributed by atoms with Crippen LogP contribution in [0.4, 0.5) is 0 Å². The van der Waals surface area contributed by atoms with Crippen LogP contribution in [-0.2, 0) is 4.74 Å². The third-order valence-electron chi connectivity index (χ3n) is 2.36. The lowest BCUT2D eigenvalue weighted by Crippen LogP contribution is -2.00. The molecule has 0 aromatic heterocycles. The molecule has 0 aliphatic heterocycles. The Morgan fingerprint density at radius 2 is 1.67 bits per heavy atom. The molecule has 0 spiro atoms. The third-order valence-corrected chi connectivity index (χ3v) is 2.36. The highest BCUT2D eigenvalue weighted by Crippen LogP contribution is 2.16. The Morgan fingerprint density at radius 3 is 2.39 bits per heavy atom. The van der Waals surface area contributed by atoms with Crippen molar-refractivity contribution < 1.29 is 14.6 Å². The van der Waals surface area contributed by atoms with Crippen molar-refractivity contribution in [2.75, 3.05) is 0 Å². The predicted molar refractivity (Wildman–Crippen MR) is 69.0 cm³/mol. The molecule has 0 heterocycles. The topological polar surface area (TPSA) is 46.5 Å². The van der Waals surface area contributed by atoms with Crippen LogP contribution >= 0.6 is 0 Å². The zero-order chi connectivity index (χ0) is 12.8. The second-order valence-electron chi connectivity index (χ2n) is 3.64. The molecule has 3 nitrogen and oxygen atoms in total. The van der Waals surface area contributed by atoms with E-state index >= 15 is 0 Å². The summed E-state index contributed by atoms with van der Waals surface area (Å²) in [5, 5.41) is 9.47. The molecule has 2 rings (SSSR count). The maximum Gasteiger partial charge on any atom is 0.346 e. The van der Waals surface area contributed by atoms with Gasteiger partial charge >= 0.3 is 5.97 Å². The fraction of sp³-hybridized carbons (Fsp3) is 0. The number of para-hydroxylation sites is 1. The van der Waals surface area contributed by atoms with Crippen LogP contribution in [0.5, 0.6) is 5.75 Å². The van der Waals surface area contributed by atoms with Gasteiger partial charge in [0.15, 0.2) is 0 Å². The van der Waals surface area contributed by atoms with Gasteiger partial charge in [-0.2, -0.15) is 0 Å². The normalized spacial score (nSPS) is 10.4. The maximum absolute atomic E-state index is 11.6. The molecule has 3 heteroatoms. The summed E-state index contributed by atoms with van der Waals surface area (Å²) in [5.41, 5.74) is 1.08. The number of hydrogen-bond acceptors (Lipinski definition) is 3. The summed E-state index contributed by atoms with van der Waals surface area (Å²) < 4.78 is 4.93. The van der Waals surface area contributed by atoms with Crippen molar-refractivity contribution in [1.82, 2.24) is 0 Å². The Bertz CT molecular complexity index is 559. The van der Waals surface area contributed by atoms with Gasteiger partial charge in [0.25, 0.3) is 0 Å². The fourth-order valence-corrected chi connectivity index (χ4v) is 1.45. The molecular formula is C15H12O3. The molecule has 90 valence electrons. The molecule has 0 atom stereocenters. The van der Waals surface area contributed by atoms with Gasteiger partial charge in [0.05, 0.1) is 6.26 Å². The Kier molecular flexibility index (Phi) is 3.76. The lowest BCUT2D eigenvalue weighted by molar-refractivity contribution is 0.0662. The number of ether oxygens (including phenoxy) is 1. The summed E-state index contributed by atoms with van der Waals surface area (Å²) in [5.74, 6) is -0.670. The van der Waals surface area contributed by atoms with E-state index in [0.29, 0.717) is 0 Å². The molecular weight excluding hydrogens is 228 g/mol. The van der Waals surface area contributed by atoms with E-state index in [-0.39, 0.29) is 11.3 Å². The van der Waals surface area contributed by atoms with Crippen LogP contribution in [0.25, 0.3) is 6.08 Å². The number of phenolic OH excluding ortho intramolecular Hbond substituents is 1. The van der Waals surface area contributed by atoms with Crippen LogP contribution in [0.3, 0.4) is 0 Å². The highest BCUT2D eigenvalue weighted by molar-refractivity contribution is 5.92. The Balaban J connectivity index is 2.01. The van der Waals surface area contributed by atoms with E-state index in [4.69, 9.17) is 4.74 Å². The van der Waals surface area contributed by atoms with Gasteiger partial charge in [0.2, 0.25) is 0 Å². The number of carbonyl (C=O) groups is 1. The summed E-state index contributed by atoms with van der Waals surface area (Å²) in [4.78, 5) is 11.6. The first-order valence-corrected chi connectivity index (χ1v) is 5.48. The molecule has 2 aromatic rings. The van der Waals surface area contributed by atoms with Crippen LogP contribution in [0.15, 0.2) is 60.9 Å². The van der Waals surface area contributed by atoms with E-state index in [1.165, 1.54) is 18.4 Å². The lowest BCUT2D eigenvalue weighted by Gasteiger charge is -2.01. The van der Waals surface area contributed by atoms with Crippen LogP contribution in [0, 0.1) is 0 Å². The average Bonchev–Trinajstić information content (AvgIpc) is 2.40. The van der Waals surface area contributed by atoms with Gasteiger partial charge in [-0.1, -0.05) is 42.5 Å². The molecule has 0 saturated heterocycles. The van der Waals surface area contributed by atoms with Crippen LogP contribution in [0.1, 0.15) is 15.9 Å². The van der Waals surface area contributed by atoms with Crippen LogP contribution in [-0.4, -0.2) is 11.1 Å². The highest BCUT2D eigenvalue weighted by Gasteiger charge is 2.09. The van der Waals surface area contributed by atoms with E-state index in [1.54, 1.807) is 18.2 Å². The van der Waals surface area contributed by atoms with Crippen molar-refractivity contribution in [2.24, 2.45) is 0 Å². The molecule has 0 bridgehead atoms. The van der Waals surface area contributed by atoms with Crippen LogP contribution < -0.4 is 0 Å². The largest absolute Gasteiger partial charge is 0.507 e. The first-order valence-electron chi connectivity index (χ1n) is 5.48. The van der Waals surface area contributed by atoms with E-state index < -0.39 is 5.97 Å². The molecule has 0 aliphatic carbocycles. The lowest BCUT2D eigenvalue weighted by atomic mass is 10.2. The van der Waals surface area contributed by atoms with Crippen molar-refractivity contribution in [1.29, 1.82) is 0 Å². The molecule has 0 aliphatic rings. The van der Waals surface area contributed by atoms with Crippen molar-refractivity contribution in [3.63, 3.8) is 0 Å². The average molecular weight is 240 g/mol. The molecule has 0 fully saturated rings. The summed E-state index contributed by atoms with van der Waals surface area (Å²) in [6.07, 6.45) is 2.99. The standard InChI is InChI=1S/C15H12O3/c16-14-9-5-4-8-13(14)15(17)18-11-10-12-6-2-1-3-7-12/h1-11,16H/b11-10-. The van der Waals surface area contributed by atoms with Gasteiger partial charge in [-0.25, -0.2) is 4.79 Å². The van der Waals surface area contributed by atoms with Gasteiger partial charge in [-0.15, -0.1) is 0 Å². The van der Waals surface area contributed by atoms with Gasteiger partial charge in [-0.05, 0) is 23.8 Å². The minimum absolute atomic E-state index is 0.0874. The smallest absolute Gasteiger partial charge is 0.346 e. The summed E-state index contributed by atoms with van der Waals surface area (Å²) in [7, 11) is 0. The monoisotopic (exact) mass is 240 g/mol. The quantitative estimate of drug-likeness (QED) is 0.661. The summed E-state index contributed by atoms with van der Waals surface area (Å²) >= 11 is 0. The maximum atomic E-state index is 11.6. The first-order chi connectivity index (χ1) is 8.77. The zero-order valence-electron chi connectivity index (χ0n) is 9.61. The van der Waals surface area contributed by atoms with E-state index in [9.17, 15) is 9.90 Å². The molecule has 0 amide bonds. The molecule has 0 saturated carbocycles. The van der Waals surface area contributed by atoms with Crippen molar-refractivity contribution >= 4 is 12.0 Å². The number of hydrogen-bond donors (Lipinski definition) is 1. The number of esters is 1. The third kappa shape index (κ3) is 2.98. The highest BCUT2D eigenvalue weighted by atomic mass is 16.5. The molecule has 1 N–H and O–H groups in total. The van der Waals surface area contributed by atoms with Gasteiger partial charge in [-0.3, -0.25) is 0 Å². The van der Waals surface area contributed by atoms with Crippen molar-refractivity contribution in [3.05, 3.63) is 72.0 Å². The first kappa shape index (κ1) is 11.9. The molecule has 0 radical (unpaired) electrons. The SMILES string of the molecule is O=C(O/C=C\c1ccccc1)c1ccccc1O. The predicted octanol–water partition coefficient (Wildman–Crippen LogP) is 3.22.